The largest absolute Gasteiger partial charge is 0.293 e. The second-order valence-electron chi connectivity index (χ2n) is 4.33. The van der Waals surface area contributed by atoms with Crippen LogP contribution < -0.4 is 0 Å². The maximum Gasteiger partial charge on any atom is 0.170 e. The van der Waals surface area contributed by atoms with E-state index in [1.165, 1.54) is 11.1 Å². The molecule has 84 valence electrons. The molecule has 0 N–H and O–H groups in total. The Kier molecular flexibility index (Phi) is 2.74. The van der Waals surface area contributed by atoms with Crippen LogP contribution in [0, 0.1) is 3.57 Å². The van der Waals surface area contributed by atoms with Crippen molar-refractivity contribution in [3.63, 3.8) is 0 Å². The van der Waals surface area contributed by atoms with Crippen molar-refractivity contribution in [1.82, 2.24) is 0 Å². The third-order valence-corrected chi connectivity index (χ3v) is 4.02. The molecule has 0 bridgehead atoms. The van der Waals surface area contributed by atoms with Crippen LogP contribution in [0.2, 0.25) is 0 Å². The van der Waals surface area contributed by atoms with E-state index in [1.807, 2.05) is 36.4 Å². The quantitative estimate of drug-likeness (QED) is 0.603. The zero-order valence-electron chi connectivity index (χ0n) is 9.19. The zero-order valence-corrected chi connectivity index (χ0v) is 11.3. The van der Waals surface area contributed by atoms with E-state index in [1.54, 1.807) is 0 Å². The molecule has 1 nitrogen and oxygen atoms in total. The third kappa shape index (κ3) is 1.90. The summed E-state index contributed by atoms with van der Waals surface area (Å²) in [7, 11) is 0. The smallest absolute Gasteiger partial charge is 0.170 e. The summed E-state index contributed by atoms with van der Waals surface area (Å²) in [6.45, 7) is 0. The molecule has 1 atom stereocenters. The maximum atomic E-state index is 12.3. The van der Waals surface area contributed by atoms with Gasteiger partial charge in [0, 0.05) is 9.13 Å². The summed E-state index contributed by atoms with van der Waals surface area (Å²) >= 11 is 2.25. The molecular formula is C15H11IO. The molecule has 0 aliphatic heterocycles. The van der Waals surface area contributed by atoms with Gasteiger partial charge in [0.1, 0.15) is 0 Å². The van der Waals surface area contributed by atoms with Crippen LogP contribution in [-0.2, 0) is 6.42 Å². The number of Topliss-reactive ketones (excluding diaryl/α,β-unsaturated/α-hetero) is 1. The Morgan fingerprint density at radius 2 is 1.76 bits per heavy atom. The van der Waals surface area contributed by atoms with Crippen LogP contribution >= 0.6 is 22.6 Å². The molecular weight excluding hydrogens is 323 g/mol. The number of ketones is 1. The number of hydrogen-bond donors (Lipinski definition) is 0. The first kappa shape index (κ1) is 11.0. The molecule has 2 heteroatoms. The van der Waals surface area contributed by atoms with Crippen LogP contribution in [0.4, 0.5) is 0 Å². The van der Waals surface area contributed by atoms with E-state index in [9.17, 15) is 4.79 Å². The zero-order chi connectivity index (χ0) is 11.8. The summed E-state index contributed by atoms with van der Waals surface area (Å²) in [5.41, 5.74) is 3.34. The number of carbonyl (C=O) groups excluding carboxylic acids is 1. The Hall–Kier alpha value is -1.16. The van der Waals surface area contributed by atoms with E-state index in [4.69, 9.17) is 0 Å². The molecule has 0 heterocycles. The van der Waals surface area contributed by atoms with E-state index in [0.717, 1.165) is 15.6 Å². The normalized spacial score (nSPS) is 17.1. The van der Waals surface area contributed by atoms with Gasteiger partial charge in [0.05, 0.1) is 5.92 Å². The van der Waals surface area contributed by atoms with Gasteiger partial charge in [-0.05, 0) is 52.3 Å². The third-order valence-electron chi connectivity index (χ3n) is 3.30. The molecule has 0 radical (unpaired) electrons. The second kappa shape index (κ2) is 4.26. The van der Waals surface area contributed by atoms with Crippen molar-refractivity contribution >= 4 is 28.4 Å². The fourth-order valence-electron chi connectivity index (χ4n) is 2.31. The van der Waals surface area contributed by atoms with Crippen LogP contribution in [0.25, 0.3) is 0 Å². The lowest BCUT2D eigenvalue weighted by molar-refractivity contribution is 0.0949. The molecule has 1 aliphatic carbocycles. The lowest BCUT2D eigenvalue weighted by Gasteiger charge is -2.28. The highest BCUT2D eigenvalue weighted by Crippen LogP contribution is 2.37. The number of carbonyl (C=O) groups is 1. The molecule has 1 aliphatic rings. The average Bonchev–Trinajstić information content (AvgIpc) is 2.31. The average molecular weight is 334 g/mol. The molecule has 1 unspecified atom stereocenters. The Bertz CT molecular complexity index is 572. The standard InChI is InChI=1S/C15H11IO/c16-12-7-5-10(6-8-12)15(17)14-9-11-3-1-2-4-13(11)14/h1-8,14H,9H2. The van der Waals surface area contributed by atoms with Gasteiger partial charge in [0.25, 0.3) is 0 Å². The van der Waals surface area contributed by atoms with Gasteiger partial charge < -0.3 is 0 Å². The Balaban J connectivity index is 1.88. The lowest BCUT2D eigenvalue weighted by Crippen LogP contribution is -2.25. The first-order valence-electron chi connectivity index (χ1n) is 5.63. The van der Waals surface area contributed by atoms with Gasteiger partial charge in [-0.3, -0.25) is 4.79 Å². The summed E-state index contributed by atoms with van der Waals surface area (Å²) in [6, 6.07) is 16.0. The predicted octanol–water partition coefficient (Wildman–Crippen LogP) is 3.81. The van der Waals surface area contributed by atoms with Crippen LogP contribution in [0.3, 0.4) is 0 Å². The molecule has 3 rings (SSSR count). The van der Waals surface area contributed by atoms with E-state index >= 15 is 0 Å². The van der Waals surface area contributed by atoms with Gasteiger partial charge >= 0.3 is 0 Å². The van der Waals surface area contributed by atoms with E-state index in [0.29, 0.717) is 0 Å². The fourth-order valence-corrected chi connectivity index (χ4v) is 2.67. The molecule has 0 amide bonds. The van der Waals surface area contributed by atoms with Gasteiger partial charge in [0.2, 0.25) is 0 Å². The molecule has 0 saturated heterocycles. The van der Waals surface area contributed by atoms with Crippen molar-refractivity contribution in [3.05, 3.63) is 68.8 Å². The summed E-state index contributed by atoms with van der Waals surface area (Å²) in [4.78, 5) is 12.3. The highest BCUT2D eigenvalue weighted by Gasteiger charge is 2.31. The monoisotopic (exact) mass is 334 g/mol. The van der Waals surface area contributed by atoms with Gasteiger partial charge in [-0.2, -0.15) is 0 Å². The minimum atomic E-state index is 0.0752. The predicted molar refractivity (Wildman–Crippen MR) is 76.4 cm³/mol. The SMILES string of the molecule is O=C(c1ccc(I)cc1)C1Cc2ccccc21. The molecule has 0 fully saturated rings. The van der Waals surface area contributed by atoms with E-state index in [-0.39, 0.29) is 11.7 Å². The molecule has 0 aromatic heterocycles. The number of fused-ring (bicyclic) bond motifs is 1. The maximum absolute atomic E-state index is 12.3. The van der Waals surface area contributed by atoms with E-state index < -0.39 is 0 Å². The topological polar surface area (TPSA) is 17.1 Å². The molecule has 0 saturated carbocycles. The Labute approximate surface area is 114 Å². The molecule has 2 aromatic rings. The number of halogens is 1. The van der Waals surface area contributed by atoms with Crippen LogP contribution in [0.1, 0.15) is 27.4 Å². The van der Waals surface area contributed by atoms with Crippen molar-refractivity contribution in [2.24, 2.45) is 0 Å². The Morgan fingerprint density at radius 1 is 1.06 bits per heavy atom. The van der Waals surface area contributed by atoms with Gasteiger partial charge in [-0.1, -0.05) is 36.4 Å². The first-order chi connectivity index (χ1) is 8.25. The molecule has 2 aromatic carbocycles. The van der Waals surface area contributed by atoms with Crippen molar-refractivity contribution in [2.45, 2.75) is 12.3 Å². The Morgan fingerprint density at radius 3 is 2.47 bits per heavy atom. The lowest BCUT2D eigenvalue weighted by atomic mass is 9.74. The fraction of sp³-hybridized carbons (Fsp3) is 0.133. The summed E-state index contributed by atoms with van der Waals surface area (Å²) in [5, 5.41) is 0. The van der Waals surface area contributed by atoms with Crippen molar-refractivity contribution < 1.29 is 4.79 Å². The number of benzene rings is 2. The minimum absolute atomic E-state index is 0.0752. The van der Waals surface area contributed by atoms with Crippen LogP contribution in [0.5, 0.6) is 0 Å². The van der Waals surface area contributed by atoms with E-state index in [2.05, 4.69) is 34.7 Å². The van der Waals surface area contributed by atoms with Gasteiger partial charge in [-0.15, -0.1) is 0 Å². The summed E-state index contributed by atoms with van der Waals surface area (Å²) in [6.07, 6.45) is 0.890. The number of rotatable bonds is 2. The van der Waals surface area contributed by atoms with Crippen molar-refractivity contribution in [2.75, 3.05) is 0 Å². The number of hydrogen-bond acceptors (Lipinski definition) is 1. The first-order valence-corrected chi connectivity index (χ1v) is 6.71. The van der Waals surface area contributed by atoms with Crippen LogP contribution in [0.15, 0.2) is 48.5 Å². The van der Waals surface area contributed by atoms with Crippen LogP contribution in [-0.4, -0.2) is 5.78 Å². The van der Waals surface area contributed by atoms with Gasteiger partial charge in [0.15, 0.2) is 5.78 Å². The van der Waals surface area contributed by atoms with Crippen molar-refractivity contribution in [1.29, 1.82) is 0 Å². The molecule has 0 spiro atoms. The highest BCUT2D eigenvalue weighted by molar-refractivity contribution is 14.1. The summed E-state index contributed by atoms with van der Waals surface area (Å²) in [5.74, 6) is 0.325. The minimum Gasteiger partial charge on any atom is -0.293 e. The summed E-state index contributed by atoms with van der Waals surface area (Å²) < 4.78 is 1.16. The highest BCUT2D eigenvalue weighted by atomic mass is 127. The van der Waals surface area contributed by atoms with Crippen molar-refractivity contribution in [3.8, 4) is 0 Å². The molecule has 17 heavy (non-hydrogen) atoms. The second-order valence-corrected chi connectivity index (χ2v) is 5.57. The van der Waals surface area contributed by atoms with Gasteiger partial charge in [-0.25, -0.2) is 0 Å².